The van der Waals surface area contributed by atoms with Crippen molar-refractivity contribution >= 4 is 107 Å². The third kappa shape index (κ3) is 15.8. The number of rotatable bonds is 13. The number of hydrogen-bond donors (Lipinski definition) is 7. The molecule has 0 aliphatic heterocycles. The van der Waals surface area contributed by atoms with Crippen molar-refractivity contribution in [1.29, 1.82) is 0 Å². The number of hydrogen-bond acceptors (Lipinski definition) is 14. The van der Waals surface area contributed by atoms with E-state index in [0.717, 1.165) is 6.92 Å². The first-order valence-electron chi connectivity index (χ1n) is 8.24. The van der Waals surface area contributed by atoms with Gasteiger partial charge in [0.1, 0.15) is 0 Å². The monoisotopic (exact) mass is 548 g/mol. The Hall–Kier alpha value is -2.16. The molecule has 0 aromatic rings. The molecule has 0 saturated carbocycles. The van der Waals surface area contributed by atoms with Gasteiger partial charge in [0.25, 0.3) is 0 Å². The number of carbonyl (C=O) groups excluding carboxylic acids is 4. The van der Waals surface area contributed by atoms with E-state index in [1.165, 1.54) is 0 Å². The van der Waals surface area contributed by atoms with E-state index in [2.05, 4.69) is 14.2 Å². The van der Waals surface area contributed by atoms with Crippen LogP contribution in [0.5, 0.6) is 0 Å². The molecule has 0 bridgehead atoms. The van der Waals surface area contributed by atoms with Crippen LogP contribution in [0.2, 0.25) is 0 Å². The molecule has 0 radical (unpaired) electrons. The Morgan fingerprint density at radius 1 is 0.667 bits per heavy atom. The molecule has 18 nitrogen and oxygen atoms in total. The molecule has 198 valence electrons. The molecule has 2 atom stereocenters. The zero-order valence-corrected chi connectivity index (χ0v) is 17.7. The van der Waals surface area contributed by atoms with Crippen molar-refractivity contribution in [2.45, 2.75) is 43.8 Å². The summed E-state index contributed by atoms with van der Waals surface area (Å²) in [4.78, 5) is 90.2. The summed E-state index contributed by atoms with van der Waals surface area (Å²) in [6.45, 7) is -0.337. The first-order valence-corrected chi connectivity index (χ1v) is 8.24. The summed E-state index contributed by atoms with van der Waals surface area (Å²) in [5.41, 5.74) is -6.43. The quantitative estimate of drug-likeness (QED) is 0.0509. The van der Waals surface area contributed by atoms with Crippen LogP contribution in [0.4, 0.5) is 0 Å². The zero-order chi connectivity index (χ0) is 25.3. The van der Waals surface area contributed by atoms with E-state index in [1.807, 2.05) is 0 Å². The Balaban J connectivity index is -0.000000801. The van der Waals surface area contributed by atoms with Crippen LogP contribution in [0.15, 0.2) is 0 Å². The molecule has 0 heterocycles. The summed E-state index contributed by atoms with van der Waals surface area (Å²) < 4.78 is 12.8. The molecule has 0 aliphatic carbocycles. The standard InChI is InChI=1S/C16H18O16.2H3N.2Na.2H/c1-7(17)31-12(24)6-30-10(22)5-16(14(27)28,3-9(20)21)32-11(23)4-15(29,13(25)26)2-8(18)19;;;;;;/h29H,2-6H2,1H3,(H,18,19)(H,20,21)(H,25,26)(H,27,28);2*1H3;;;;. The summed E-state index contributed by atoms with van der Waals surface area (Å²) in [6.07, 6.45) is -6.18. The first-order chi connectivity index (χ1) is 14.5. The van der Waals surface area contributed by atoms with Crippen LogP contribution in [0, 0.1) is 0 Å². The molecule has 2 unspecified atom stereocenters. The average Bonchev–Trinajstić information content (AvgIpc) is 2.57. The fourth-order valence-corrected chi connectivity index (χ4v) is 2.14. The van der Waals surface area contributed by atoms with Crippen LogP contribution < -0.4 is 12.3 Å². The third-order valence-electron chi connectivity index (χ3n) is 3.45. The van der Waals surface area contributed by atoms with E-state index in [0.29, 0.717) is 0 Å². The van der Waals surface area contributed by atoms with Gasteiger partial charge in [0, 0.05) is 6.92 Å². The summed E-state index contributed by atoms with van der Waals surface area (Å²) >= 11 is 0. The van der Waals surface area contributed by atoms with Gasteiger partial charge in [-0.2, -0.15) is 0 Å². The molecule has 0 saturated heterocycles. The Kier molecular flexibility index (Phi) is 23.2. The molecule has 20 heteroatoms. The Labute approximate surface area is 246 Å². The summed E-state index contributed by atoms with van der Waals surface area (Å²) in [5.74, 6) is -14.0. The van der Waals surface area contributed by atoms with Gasteiger partial charge in [0.05, 0.1) is 25.7 Å². The SMILES string of the molecule is CC(=O)OC(=O)COC(=O)CC(CC(=O)O)(OC(=O)CC(O)(CC(=O)O)C(=O)O)C(=O)O.N.N.[NaH].[NaH]. The molecule has 0 amide bonds. The van der Waals surface area contributed by atoms with Crippen LogP contribution in [0.25, 0.3) is 0 Å². The number of ether oxygens (including phenoxy) is 3. The molecule has 0 aromatic heterocycles. The predicted octanol–water partition coefficient (Wildman–Crippen LogP) is -3.44. The Morgan fingerprint density at radius 3 is 1.50 bits per heavy atom. The number of carboxylic acid groups (broad SMARTS) is 4. The Morgan fingerprint density at radius 2 is 1.14 bits per heavy atom. The third-order valence-corrected chi connectivity index (χ3v) is 3.45. The Bertz CT molecular complexity index is 850. The number of esters is 4. The van der Waals surface area contributed by atoms with E-state index in [4.69, 9.17) is 15.3 Å². The van der Waals surface area contributed by atoms with Gasteiger partial charge in [0.15, 0.2) is 12.2 Å². The first kappa shape index (κ1) is 43.9. The van der Waals surface area contributed by atoms with Crippen LogP contribution in [-0.2, 0) is 52.6 Å². The predicted molar refractivity (Wildman–Crippen MR) is 115 cm³/mol. The molecule has 0 spiro atoms. The van der Waals surface area contributed by atoms with E-state index < -0.39 is 91.2 Å². The fraction of sp³-hybridized carbons (Fsp3) is 0.500. The fourth-order valence-electron chi connectivity index (χ4n) is 2.14. The van der Waals surface area contributed by atoms with Gasteiger partial charge in [-0.15, -0.1) is 0 Å². The van der Waals surface area contributed by atoms with Gasteiger partial charge in [-0.05, 0) is 0 Å². The van der Waals surface area contributed by atoms with Crippen LogP contribution >= 0.6 is 0 Å². The molecule has 0 aromatic carbocycles. The van der Waals surface area contributed by atoms with Crippen LogP contribution in [0.1, 0.15) is 32.6 Å². The molecule has 0 fully saturated rings. The number of aliphatic hydroxyl groups is 1. The summed E-state index contributed by atoms with van der Waals surface area (Å²) in [7, 11) is 0. The molecule has 0 rings (SSSR count). The number of aliphatic carboxylic acids is 4. The number of carboxylic acids is 4. The minimum absolute atomic E-state index is 0. The van der Waals surface area contributed by atoms with Crippen molar-refractivity contribution in [3.05, 3.63) is 0 Å². The maximum atomic E-state index is 12.1. The van der Waals surface area contributed by atoms with Crippen molar-refractivity contribution < 1.29 is 78.1 Å². The van der Waals surface area contributed by atoms with Gasteiger partial charge in [-0.25, -0.2) is 14.4 Å². The molecular formula is C16H26N2Na2O16. The van der Waals surface area contributed by atoms with Crippen LogP contribution in [0.3, 0.4) is 0 Å². The van der Waals surface area contributed by atoms with E-state index >= 15 is 0 Å². The second-order valence-electron chi connectivity index (χ2n) is 6.23. The van der Waals surface area contributed by atoms with E-state index in [9.17, 15) is 48.6 Å². The van der Waals surface area contributed by atoms with E-state index in [-0.39, 0.29) is 71.4 Å². The van der Waals surface area contributed by atoms with Gasteiger partial charge in [-0.3, -0.25) is 24.0 Å². The topological polar surface area (TPSA) is 335 Å². The molecular weight excluding hydrogens is 522 g/mol. The number of carbonyl (C=O) groups is 8. The van der Waals surface area contributed by atoms with Crippen molar-refractivity contribution in [3.63, 3.8) is 0 Å². The average molecular weight is 548 g/mol. The summed E-state index contributed by atoms with van der Waals surface area (Å²) in [5, 5.41) is 45.7. The van der Waals surface area contributed by atoms with Gasteiger partial charge in [0.2, 0.25) is 5.60 Å². The minimum atomic E-state index is -3.24. The molecule has 0 aliphatic rings. The van der Waals surface area contributed by atoms with Gasteiger partial charge < -0.3 is 52.0 Å². The van der Waals surface area contributed by atoms with E-state index in [1.54, 1.807) is 0 Å². The normalized spacial score (nSPS) is 12.5. The maximum absolute atomic E-state index is 12.1. The molecule has 11 N–H and O–H groups in total. The van der Waals surface area contributed by atoms with Crippen LogP contribution in [-0.4, -0.2) is 150 Å². The second-order valence-corrected chi connectivity index (χ2v) is 6.23. The van der Waals surface area contributed by atoms with Gasteiger partial charge >= 0.3 is 107 Å². The second kappa shape index (κ2) is 19.0. The van der Waals surface area contributed by atoms with Crippen molar-refractivity contribution in [1.82, 2.24) is 12.3 Å². The van der Waals surface area contributed by atoms with Crippen molar-refractivity contribution in [2.24, 2.45) is 0 Å². The summed E-state index contributed by atoms with van der Waals surface area (Å²) in [6, 6.07) is 0. The van der Waals surface area contributed by atoms with Crippen molar-refractivity contribution in [2.75, 3.05) is 6.61 Å². The van der Waals surface area contributed by atoms with Gasteiger partial charge in [-0.1, -0.05) is 0 Å². The molecule has 36 heavy (non-hydrogen) atoms. The van der Waals surface area contributed by atoms with Crippen molar-refractivity contribution in [3.8, 4) is 0 Å². The zero-order valence-electron chi connectivity index (χ0n) is 17.7.